The number of anilines is 4. The highest BCUT2D eigenvalue weighted by Gasteiger charge is 2.34. The van der Waals surface area contributed by atoms with Crippen molar-refractivity contribution in [3.05, 3.63) is 93.0 Å². The van der Waals surface area contributed by atoms with Crippen LogP contribution >= 0.6 is 30.4 Å². The van der Waals surface area contributed by atoms with E-state index in [1.165, 1.54) is 51.4 Å². The third-order valence-corrected chi connectivity index (χ3v) is 28.5. The number of hydrogen-bond acceptors (Lipinski definition) is 20. The molecule has 1 aliphatic rings. The first-order chi connectivity index (χ1) is 58.0. The molecule has 5 rings (SSSR count). The van der Waals surface area contributed by atoms with Crippen molar-refractivity contribution in [1.29, 1.82) is 0 Å². The molecule has 0 fully saturated rings. The molecular weight excluding hydrogens is 1600 g/mol. The highest BCUT2D eigenvalue weighted by Crippen LogP contribution is 2.52. The molecule has 0 unspecified atom stereocenters. The van der Waals surface area contributed by atoms with Gasteiger partial charge in [-0.15, -0.1) is 0 Å². The van der Waals surface area contributed by atoms with Gasteiger partial charge in [0.1, 0.15) is 47.6 Å². The minimum absolute atomic E-state index is 0.0284. The molecule has 4 amide bonds. The molecule has 120 heavy (non-hydrogen) atoms. The number of unbranched alkanes of at least 4 members (excludes halogenated alkanes) is 28. The Morgan fingerprint density at radius 3 is 0.517 bits per heavy atom. The molecule has 0 aromatic heterocycles. The van der Waals surface area contributed by atoms with Crippen LogP contribution in [-0.4, -0.2) is 128 Å². The van der Waals surface area contributed by atoms with Crippen LogP contribution in [0.15, 0.2) is 48.5 Å². The van der Waals surface area contributed by atoms with E-state index in [9.17, 15) is 37.4 Å². The van der Waals surface area contributed by atoms with Gasteiger partial charge in [0, 0.05) is 92.9 Å². The van der Waals surface area contributed by atoms with E-state index in [-0.39, 0.29) is 78.5 Å². The Hall–Kier alpha value is -5.44. The summed E-state index contributed by atoms with van der Waals surface area (Å²) in [6.45, 7) is 23.7. The van der Waals surface area contributed by atoms with Gasteiger partial charge in [-0.3, -0.25) is 37.4 Å². The summed E-state index contributed by atoms with van der Waals surface area (Å²) in [5.74, 6) is -0.634. The smallest absolute Gasteiger partial charge is 0.340 e. The predicted octanol–water partition coefficient (Wildman–Crippen LogP) is 25.3. The van der Waals surface area contributed by atoms with E-state index < -0.39 is 78.7 Å². The molecule has 1 aliphatic carbocycles. The summed E-state index contributed by atoms with van der Waals surface area (Å²) < 4.78 is 132. The fourth-order valence-electron chi connectivity index (χ4n) is 15.2. The lowest BCUT2D eigenvalue weighted by Crippen LogP contribution is -2.20. The maximum atomic E-state index is 14.8. The zero-order valence-corrected chi connectivity index (χ0v) is 78.9. The molecule has 4 aromatic carbocycles. The lowest BCUT2D eigenvalue weighted by molar-refractivity contribution is -0.115. The summed E-state index contributed by atoms with van der Waals surface area (Å²) >= 11 is 0. The first-order valence-electron chi connectivity index (χ1n) is 45.9. The van der Waals surface area contributed by atoms with Crippen LogP contribution in [0.3, 0.4) is 0 Å². The molecule has 4 aromatic rings. The molecule has 0 saturated carbocycles. The fourth-order valence-corrected chi connectivity index (χ4v) is 21.1. The summed E-state index contributed by atoms with van der Waals surface area (Å²) in [4.78, 5) is 59.1. The zero-order valence-electron chi connectivity index (χ0n) is 75.3. The van der Waals surface area contributed by atoms with Crippen LogP contribution in [0.25, 0.3) is 0 Å². The molecule has 0 saturated heterocycles. The lowest BCUT2D eigenvalue weighted by atomic mass is 9.90. The SMILES string of the molecule is CCCCCCCCCCOc1c2cc(NC(=O)CP(=O)(OCC)OCC)cc1Cc1cc(NC(=O)CP(=O)(OCC)OCC)cc(c1OCCCCCCCCCC)Cc1cc(NC(=O)CP(=O)(OCC)OCC)cc(c1OCCCCCCCCCC)Cc1cc(NC(=O)CP(=O)(OCC)OCC)cc(c1OCCCCCCCCCC)C2. The number of hydrogen-bond donors (Lipinski definition) is 4. The van der Waals surface area contributed by atoms with E-state index in [0.29, 0.717) is 142 Å². The number of amides is 4. The van der Waals surface area contributed by atoms with E-state index in [1.54, 1.807) is 55.4 Å². The minimum Gasteiger partial charge on any atom is -0.493 e. The van der Waals surface area contributed by atoms with Crippen molar-refractivity contribution < 1.29 is 92.6 Å². The van der Waals surface area contributed by atoms with Gasteiger partial charge >= 0.3 is 30.4 Å². The monoisotopic (exact) mass is 1760 g/mol. The van der Waals surface area contributed by atoms with Crippen molar-refractivity contribution in [2.24, 2.45) is 0 Å². The second kappa shape index (κ2) is 60.2. The third-order valence-electron chi connectivity index (χ3n) is 20.6. The number of carbonyl (C=O) groups excluding carboxylic acids is 4. The van der Waals surface area contributed by atoms with Gasteiger partial charge in [-0.05, 0) is 130 Å². The number of nitrogens with one attached hydrogen (secondary N) is 4. The first-order valence-corrected chi connectivity index (χ1v) is 52.8. The summed E-state index contributed by atoms with van der Waals surface area (Å²) in [7, 11) is -15.9. The van der Waals surface area contributed by atoms with Crippen molar-refractivity contribution in [3.63, 3.8) is 0 Å². The normalized spacial score (nSPS) is 12.5. The van der Waals surface area contributed by atoms with Crippen molar-refractivity contribution >= 4 is 76.8 Å². The van der Waals surface area contributed by atoms with Gasteiger partial charge in [0.25, 0.3) is 0 Å². The van der Waals surface area contributed by atoms with Gasteiger partial charge in [0.05, 0.1) is 79.3 Å². The summed E-state index contributed by atoms with van der Waals surface area (Å²) in [5.41, 5.74) is 5.94. The molecule has 0 heterocycles. The van der Waals surface area contributed by atoms with Gasteiger partial charge in [-0.1, -0.05) is 207 Å². The van der Waals surface area contributed by atoms with Crippen LogP contribution in [0.1, 0.15) is 333 Å². The van der Waals surface area contributed by atoms with Crippen LogP contribution in [0.4, 0.5) is 22.7 Å². The van der Waals surface area contributed by atoms with E-state index in [4.69, 9.17) is 55.1 Å². The van der Waals surface area contributed by atoms with Crippen molar-refractivity contribution in [1.82, 2.24) is 0 Å². The van der Waals surface area contributed by atoms with E-state index in [0.717, 1.165) is 128 Å². The van der Waals surface area contributed by atoms with Crippen molar-refractivity contribution in [2.75, 3.05) is 125 Å². The molecule has 680 valence electrons. The summed E-state index contributed by atoms with van der Waals surface area (Å²) in [5, 5.41) is 12.4. The summed E-state index contributed by atoms with van der Waals surface area (Å²) in [6, 6.07) is 14.7. The standard InChI is InChI=1S/C92H152N4O20P4/c1-13-25-29-33-37-41-45-49-53-105-89-73-57-75-63-82(94-86(98)70-118(102,111-19-7)112-20-8)65-77(90(75)106-54-50-46-42-38-34-30-26-14-2)59-79-67-84(96-88(100)72-120(104,115-23-11)116-24-12)68-80(92(79)108-56-52-48-44-40-36-32-28-16-4)60-78-66-83(95-87(99)71-119(103,113-21-9)114-22-10)64-76(91(78)107-55-51-47-43-39-35-31-27-15-3)58-74(89)62-81(61-73)93-85(97)69-117(101,109-17-5)110-18-6/h61-68H,13-60,69-72H2,1-12H3,(H,93,97)(H,94,98)(H,95,99)(H,96,100). The molecule has 0 spiro atoms. The van der Waals surface area contributed by atoms with E-state index in [2.05, 4.69) is 49.0 Å². The molecule has 8 bridgehead atoms. The van der Waals surface area contributed by atoms with Gasteiger partial charge < -0.3 is 76.4 Å². The Kier molecular flexibility index (Phi) is 52.8. The van der Waals surface area contributed by atoms with Gasteiger partial charge in [-0.2, -0.15) is 0 Å². The van der Waals surface area contributed by atoms with Gasteiger partial charge in [0.2, 0.25) is 23.6 Å². The Morgan fingerprint density at radius 2 is 0.375 bits per heavy atom. The quantitative estimate of drug-likeness (QED) is 0.0208. The molecule has 0 atom stereocenters. The van der Waals surface area contributed by atoms with Gasteiger partial charge in [0.15, 0.2) is 0 Å². The van der Waals surface area contributed by atoms with Crippen molar-refractivity contribution in [2.45, 2.75) is 314 Å². The molecule has 4 N–H and O–H groups in total. The average molecular weight is 1760 g/mol. The topological polar surface area (TPSA) is 295 Å². The second-order valence-corrected chi connectivity index (χ2v) is 39.3. The highest BCUT2D eigenvalue weighted by molar-refractivity contribution is 7.55. The van der Waals surface area contributed by atoms with Crippen LogP contribution in [0.5, 0.6) is 23.0 Å². The number of carbonyl (C=O) groups is 4. The Labute approximate surface area is 720 Å². The Balaban J connectivity index is 2.07. The maximum Gasteiger partial charge on any atom is 0.340 e. The number of rotatable bonds is 68. The lowest BCUT2D eigenvalue weighted by Gasteiger charge is -2.25. The van der Waals surface area contributed by atoms with E-state index >= 15 is 0 Å². The van der Waals surface area contributed by atoms with Crippen LogP contribution in [0, 0.1) is 0 Å². The van der Waals surface area contributed by atoms with Crippen LogP contribution in [-0.2, 0) is 99.3 Å². The molecule has 0 aliphatic heterocycles. The molecule has 28 heteroatoms. The average Bonchev–Trinajstić information content (AvgIpc) is 0.769. The van der Waals surface area contributed by atoms with Crippen molar-refractivity contribution in [3.8, 4) is 23.0 Å². The third kappa shape index (κ3) is 40.2. The molecule has 0 radical (unpaired) electrons. The Morgan fingerprint density at radius 1 is 0.233 bits per heavy atom. The fraction of sp³-hybridized carbons (Fsp3) is 0.696. The van der Waals surface area contributed by atoms with Crippen LogP contribution in [0.2, 0.25) is 0 Å². The number of benzene rings is 4. The minimum atomic E-state index is -3.97. The zero-order chi connectivity index (χ0) is 87.3. The predicted molar refractivity (Wildman–Crippen MR) is 487 cm³/mol. The first kappa shape index (κ1) is 105. The maximum absolute atomic E-state index is 14.8. The summed E-state index contributed by atoms with van der Waals surface area (Å²) in [6.07, 6.45) is 31.0. The van der Waals surface area contributed by atoms with E-state index in [1.807, 2.05) is 48.5 Å². The number of ether oxygens (including phenoxy) is 4. The highest BCUT2D eigenvalue weighted by atomic mass is 31.2. The molecule has 24 nitrogen and oxygen atoms in total. The molecular formula is C92H152N4O20P4. The van der Waals surface area contributed by atoms with Crippen LogP contribution < -0.4 is 40.2 Å². The largest absolute Gasteiger partial charge is 0.493 e. The second-order valence-electron chi connectivity index (χ2n) is 31.1. The Bertz CT molecular complexity index is 3240. The van der Waals surface area contributed by atoms with Gasteiger partial charge in [-0.25, -0.2) is 0 Å². The number of fused-ring (bicyclic) bond motifs is 8.